The number of para-hydroxylation sites is 1. The van der Waals surface area contributed by atoms with Crippen LogP contribution in [-0.2, 0) is 6.61 Å². The zero-order valence-electron chi connectivity index (χ0n) is 12.2. The maximum absolute atomic E-state index is 14.0. The number of rotatable bonds is 4. The molecule has 0 radical (unpaired) electrons. The van der Waals surface area contributed by atoms with E-state index in [-0.39, 0.29) is 16.9 Å². The Morgan fingerprint density at radius 3 is 2.57 bits per heavy atom. The summed E-state index contributed by atoms with van der Waals surface area (Å²) in [7, 11) is 1.50. The first-order valence-corrected chi connectivity index (χ1v) is 6.84. The summed E-state index contributed by atoms with van der Waals surface area (Å²) in [5.74, 6) is -1.53. The van der Waals surface area contributed by atoms with Crippen molar-refractivity contribution in [2.45, 2.75) is 6.61 Å². The molecule has 1 aromatic heterocycles. The summed E-state index contributed by atoms with van der Waals surface area (Å²) in [6.07, 6.45) is 0. The summed E-state index contributed by atoms with van der Waals surface area (Å²) in [4.78, 5) is 0. The van der Waals surface area contributed by atoms with E-state index in [1.54, 1.807) is 24.3 Å². The van der Waals surface area contributed by atoms with Gasteiger partial charge in [-0.1, -0.05) is 23.4 Å². The minimum absolute atomic E-state index is 0.00888. The number of aliphatic hydroxyl groups is 1. The average Bonchev–Trinajstić information content (AvgIpc) is 3.00. The van der Waals surface area contributed by atoms with Crippen LogP contribution in [0.5, 0.6) is 5.75 Å². The van der Waals surface area contributed by atoms with Gasteiger partial charge in [-0.25, -0.2) is 8.78 Å². The summed E-state index contributed by atoms with van der Waals surface area (Å²) in [5, 5.41) is 13.6. The molecule has 0 fully saturated rings. The van der Waals surface area contributed by atoms with Crippen molar-refractivity contribution < 1.29 is 23.1 Å². The van der Waals surface area contributed by atoms with Gasteiger partial charge in [0.05, 0.1) is 24.8 Å². The second-order valence-electron chi connectivity index (χ2n) is 4.80. The number of aliphatic hydroxyl groups excluding tert-OH is 1. The lowest BCUT2D eigenvalue weighted by molar-refractivity contribution is 0.281. The summed E-state index contributed by atoms with van der Waals surface area (Å²) in [6.45, 7) is -0.442. The van der Waals surface area contributed by atoms with Crippen LogP contribution in [0.4, 0.5) is 8.78 Å². The van der Waals surface area contributed by atoms with Crippen LogP contribution in [0.3, 0.4) is 0 Å². The monoisotopic (exact) mass is 317 g/mol. The molecule has 2 aromatic carbocycles. The van der Waals surface area contributed by atoms with Crippen LogP contribution in [0, 0.1) is 11.6 Å². The Morgan fingerprint density at radius 1 is 1.09 bits per heavy atom. The molecule has 0 amide bonds. The first kappa shape index (κ1) is 15.2. The lowest BCUT2D eigenvalue weighted by Crippen LogP contribution is -1.94. The summed E-state index contributed by atoms with van der Waals surface area (Å²) in [6, 6.07) is 10.8. The molecule has 0 spiro atoms. The maximum Gasteiger partial charge on any atom is 0.176 e. The molecule has 0 aliphatic heterocycles. The number of nitrogens with zero attached hydrogens (tertiary/aromatic N) is 1. The highest BCUT2D eigenvalue weighted by Gasteiger charge is 2.23. The van der Waals surface area contributed by atoms with Gasteiger partial charge in [-0.15, -0.1) is 0 Å². The van der Waals surface area contributed by atoms with Gasteiger partial charge in [-0.2, -0.15) is 0 Å². The van der Waals surface area contributed by atoms with E-state index in [4.69, 9.17) is 9.26 Å². The molecule has 118 valence electrons. The second-order valence-corrected chi connectivity index (χ2v) is 4.80. The fourth-order valence-corrected chi connectivity index (χ4v) is 2.40. The molecule has 0 aliphatic rings. The molecule has 0 bridgehead atoms. The van der Waals surface area contributed by atoms with Gasteiger partial charge in [0.2, 0.25) is 0 Å². The van der Waals surface area contributed by atoms with Gasteiger partial charge in [0.15, 0.2) is 17.4 Å². The van der Waals surface area contributed by atoms with Gasteiger partial charge in [-0.05, 0) is 24.3 Å². The number of hydrogen-bond donors (Lipinski definition) is 1. The minimum Gasteiger partial charge on any atom is -0.496 e. The third-order valence-corrected chi connectivity index (χ3v) is 3.50. The van der Waals surface area contributed by atoms with Crippen LogP contribution in [0.25, 0.3) is 22.6 Å². The van der Waals surface area contributed by atoms with Crippen LogP contribution >= 0.6 is 0 Å². The lowest BCUT2D eigenvalue weighted by atomic mass is 10.0. The van der Waals surface area contributed by atoms with Gasteiger partial charge in [0.1, 0.15) is 11.4 Å². The molecule has 0 aliphatic carbocycles. The van der Waals surface area contributed by atoms with E-state index in [0.29, 0.717) is 17.0 Å². The van der Waals surface area contributed by atoms with E-state index in [0.717, 1.165) is 6.07 Å². The Labute approximate surface area is 130 Å². The third-order valence-electron chi connectivity index (χ3n) is 3.50. The van der Waals surface area contributed by atoms with Gasteiger partial charge in [-0.3, -0.25) is 0 Å². The normalized spacial score (nSPS) is 10.8. The minimum atomic E-state index is -1.05. The predicted octanol–water partition coefficient (Wildman–Crippen LogP) is 3.79. The first-order chi connectivity index (χ1) is 11.2. The van der Waals surface area contributed by atoms with E-state index in [1.807, 2.05) is 0 Å². The highest BCUT2D eigenvalue weighted by atomic mass is 19.2. The lowest BCUT2D eigenvalue weighted by Gasteiger charge is -2.07. The molecule has 1 heterocycles. The molecular weight excluding hydrogens is 304 g/mol. The summed E-state index contributed by atoms with van der Waals surface area (Å²) in [5.41, 5.74) is 1.08. The number of ether oxygens (including phenoxy) is 1. The maximum atomic E-state index is 14.0. The Bertz CT molecular complexity index is 846. The standard InChI is InChI=1S/C17H13F2NO3/c1-22-14-8-3-2-5-10(14)16-12(9-21)17(23-20-16)11-6-4-7-13(18)15(11)19/h2-8,21H,9H2,1H3. The molecular formula is C17H13F2NO3. The molecule has 6 heteroatoms. The Kier molecular flexibility index (Phi) is 4.08. The van der Waals surface area contributed by atoms with Crippen molar-refractivity contribution in [2.24, 2.45) is 0 Å². The predicted molar refractivity (Wildman–Crippen MR) is 79.8 cm³/mol. The highest BCUT2D eigenvalue weighted by molar-refractivity contribution is 5.76. The van der Waals surface area contributed by atoms with E-state index < -0.39 is 18.2 Å². The summed E-state index contributed by atoms with van der Waals surface area (Å²) >= 11 is 0. The first-order valence-electron chi connectivity index (χ1n) is 6.84. The topological polar surface area (TPSA) is 55.5 Å². The van der Waals surface area contributed by atoms with Crippen LogP contribution in [0.2, 0.25) is 0 Å². The van der Waals surface area contributed by atoms with Gasteiger partial charge in [0.25, 0.3) is 0 Å². The second kappa shape index (κ2) is 6.18. The Hall–Kier alpha value is -2.73. The average molecular weight is 317 g/mol. The molecule has 0 atom stereocenters. The van der Waals surface area contributed by atoms with E-state index in [1.165, 1.54) is 19.2 Å². The molecule has 0 unspecified atom stereocenters. The van der Waals surface area contributed by atoms with Crippen LogP contribution < -0.4 is 4.74 Å². The van der Waals surface area contributed by atoms with E-state index in [9.17, 15) is 13.9 Å². The number of aromatic nitrogens is 1. The summed E-state index contributed by atoms with van der Waals surface area (Å²) < 4.78 is 37.9. The highest BCUT2D eigenvalue weighted by Crippen LogP contribution is 2.37. The van der Waals surface area contributed by atoms with Crippen molar-refractivity contribution in [1.29, 1.82) is 0 Å². The van der Waals surface area contributed by atoms with E-state index >= 15 is 0 Å². The molecule has 0 saturated carbocycles. The smallest absolute Gasteiger partial charge is 0.176 e. The molecule has 3 aromatic rings. The van der Waals surface area contributed by atoms with Crippen molar-refractivity contribution in [3.63, 3.8) is 0 Å². The molecule has 3 rings (SSSR count). The molecule has 1 N–H and O–H groups in total. The van der Waals surface area contributed by atoms with Crippen molar-refractivity contribution in [3.8, 4) is 28.3 Å². The molecule has 0 saturated heterocycles. The molecule has 23 heavy (non-hydrogen) atoms. The zero-order chi connectivity index (χ0) is 16.4. The van der Waals surface area contributed by atoms with E-state index in [2.05, 4.69) is 5.16 Å². The number of halogens is 2. The van der Waals surface area contributed by atoms with Crippen molar-refractivity contribution in [2.75, 3.05) is 7.11 Å². The number of hydrogen-bond acceptors (Lipinski definition) is 4. The van der Waals surface area contributed by atoms with Gasteiger partial charge < -0.3 is 14.4 Å². The molecule has 4 nitrogen and oxygen atoms in total. The van der Waals surface area contributed by atoms with Crippen LogP contribution in [-0.4, -0.2) is 17.4 Å². The fourth-order valence-electron chi connectivity index (χ4n) is 2.40. The van der Waals surface area contributed by atoms with Crippen molar-refractivity contribution >= 4 is 0 Å². The van der Waals surface area contributed by atoms with Crippen molar-refractivity contribution in [1.82, 2.24) is 5.16 Å². The van der Waals surface area contributed by atoms with Gasteiger partial charge >= 0.3 is 0 Å². The van der Waals surface area contributed by atoms with Crippen molar-refractivity contribution in [3.05, 3.63) is 59.7 Å². The van der Waals surface area contributed by atoms with Crippen LogP contribution in [0.1, 0.15) is 5.56 Å². The quantitative estimate of drug-likeness (QED) is 0.795. The van der Waals surface area contributed by atoms with Crippen LogP contribution in [0.15, 0.2) is 47.0 Å². The Balaban J connectivity index is 2.20. The van der Waals surface area contributed by atoms with Gasteiger partial charge in [0, 0.05) is 5.56 Å². The fraction of sp³-hybridized carbons (Fsp3) is 0.118. The third kappa shape index (κ3) is 2.57. The number of benzene rings is 2. The Morgan fingerprint density at radius 2 is 1.83 bits per heavy atom. The number of methoxy groups -OCH3 is 1. The zero-order valence-corrected chi connectivity index (χ0v) is 12.2. The SMILES string of the molecule is COc1ccccc1-c1noc(-c2cccc(F)c2F)c1CO. The largest absolute Gasteiger partial charge is 0.496 e.